The van der Waals surface area contributed by atoms with E-state index >= 15 is 0 Å². The predicted octanol–water partition coefficient (Wildman–Crippen LogP) is 17.9. The first-order valence-corrected chi connectivity index (χ1v) is 26.9. The molecule has 0 amide bonds. The number of ether oxygens (including phenoxy) is 2. The van der Waals surface area contributed by atoms with Crippen molar-refractivity contribution < 1.29 is 9.47 Å². The van der Waals surface area contributed by atoms with Gasteiger partial charge in [0.2, 0.25) is 0 Å². The van der Waals surface area contributed by atoms with Crippen LogP contribution in [0.15, 0.2) is 34.1 Å². The minimum Gasteiger partial charge on any atom is -0.493 e. The first kappa shape index (κ1) is 52.2. The summed E-state index contributed by atoms with van der Waals surface area (Å²) < 4.78 is 13.0. The highest BCUT2D eigenvalue weighted by Crippen LogP contribution is 2.43. The second-order valence-electron chi connectivity index (χ2n) is 18.8. The van der Waals surface area contributed by atoms with E-state index in [9.17, 15) is 0 Å². The van der Waals surface area contributed by atoms with Crippen molar-refractivity contribution in [2.75, 3.05) is 36.2 Å². The van der Waals surface area contributed by atoms with Crippen molar-refractivity contribution in [3.05, 3.63) is 46.5 Å². The number of hydrogen-bond donors (Lipinski definition) is 0. The first-order valence-electron chi connectivity index (χ1n) is 23.8. The predicted molar refractivity (Wildman–Crippen MR) is 262 cm³/mol. The Morgan fingerprint density at radius 1 is 0.404 bits per heavy atom. The molecule has 0 atom stereocenters. The van der Waals surface area contributed by atoms with E-state index in [0.29, 0.717) is 0 Å². The van der Waals surface area contributed by atoms with E-state index in [1.807, 2.05) is 11.8 Å². The van der Waals surface area contributed by atoms with Crippen LogP contribution in [0.2, 0.25) is 0 Å². The zero-order chi connectivity index (χ0) is 41.8. The van der Waals surface area contributed by atoms with E-state index in [4.69, 9.17) is 9.47 Å². The molecule has 2 aromatic rings. The van der Waals surface area contributed by atoms with Crippen LogP contribution in [0.3, 0.4) is 0 Å². The van der Waals surface area contributed by atoms with E-state index in [1.54, 1.807) is 0 Å². The number of rotatable bonds is 34. The van der Waals surface area contributed by atoms with E-state index < -0.39 is 0 Å². The third kappa shape index (κ3) is 23.6. The summed E-state index contributed by atoms with van der Waals surface area (Å²) in [5, 5.41) is 0. The number of unbranched alkanes of at least 4 members (excludes halogenated alkanes) is 18. The first-order chi connectivity index (χ1) is 27.4. The van der Waals surface area contributed by atoms with Crippen LogP contribution < -0.4 is 9.47 Å². The molecule has 2 nitrogen and oxygen atoms in total. The van der Waals surface area contributed by atoms with Crippen molar-refractivity contribution in [3.8, 4) is 11.5 Å². The maximum Gasteiger partial charge on any atom is 0.123 e. The molecule has 0 aromatic heterocycles. The van der Waals surface area contributed by atoms with Gasteiger partial charge in [-0.25, -0.2) is 0 Å². The molecule has 0 aliphatic carbocycles. The van der Waals surface area contributed by atoms with Crippen LogP contribution in [0.25, 0.3) is 0 Å². The third-order valence-corrected chi connectivity index (χ3v) is 14.7. The molecule has 328 valence electrons. The Morgan fingerprint density at radius 3 is 1.02 bits per heavy atom. The van der Waals surface area contributed by atoms with Crippen LogP contribution >= 0.6 is 35.3 Å². The van der Waals surface area contributed by atoms with Crippen LogP contribution in [-0.4, -0.2) is 36.2 Å². The Morgan fingerprint density at radius 2 is 0.702 bits per heavy atom. The fourth-order valence-electron chi connectivity index (χ4n) is 7.35. The second-order valence-corrected chi connectivity index (χ2v) is 22.4. The summed E-state index contributed by atoms with van der Waals surface area (Å²) in [6, 6.07) is 9.41. The van der Waals surface area contributed by atoms with Crippen molar-refractivity contribution in [3.63, 3.8) is 0 Å². The summed E-state index contributed by atoms with van der Waals surface area (Å²) in [4.78, 5) is 2.63. The molecule has 0 unspecified atom stereocenters. The second kappa shape index (κ2) is 31.0. The minimum absolute atomic E-state index is 0.00254. The average molecular weight is 843 g/mol. The van der Waals surface area contributed by atoms with Crippen molar-refractivity contribution in [1.82, 2.24) is 0 Å². The summed E-state index contributed by atoms with van der Waals surface area (Å²) >= 11 is 6.11. The number of benzene rings is 2. The SMILES string of the molecule is CCCCCCCCCCCCSCCCOc1cc(C)c(Sc2cc(C(C)(C)C)c(OCCCSCCCCCCCCCCCC)cc2C)cc1C(C)(C)C. The molecule has 0 spiro atoms. The molecule has 0 saturated carbocycles. The smallest absolute Gasteiger partial charge is 0.123 e. The van der Waals surface area contributed by atoms with Crippen molar-refractivity contribution in [2.45, 2.75) is 231 Å². The quantitative estimate of drug-likeness (QED) is 0.0652. The lowest BCUT2D eigenvalue weighted by molar-refractivity contribution is 0.309. The van der Waals surface area contributed by atoms with Gasteiger partial charge in [0.05, 0.1) is 13.2 Å². The van der Waals surface area contributed by atoms with Crippen LogP contribution in [-0.2, 0) is 10.8 Å². The van der Waals surface area contributed by atoms with Gasteiger partial charge >= 0.3 is 0 Å². The Labute approximate surface area is 368 Å². The zero-order valence-corrected chi connectivity index (χ0v) is 41.6. The van der Waals surface area contributed by atoms with Gasteiger partial charge in [0.15, 0.2) is 0 Å². The number of hydrogen-bond acceptors (Lipinski definition) is 5. The summed E-state index contributed by atoms with van der Waals surface area (Å²) in [7, 11) is 0. The molecule has 0 heterocycles. The van der Waals surface area contributed by atoms with E-state index in [1.165, 1.54) is 183 Å². The molecule has 0 fully saturated rings. The van der Waals surface area contributed by atoms with Gasteiger partial charge in [-0.1, -0.05) is 183 Å². The Bertz CT molecular complexity index is 1210. The fraction of sp³-hybridized carbons (Fsp3) is 0.769. The largest absolute Gasteiger partial charge is 0.493 e. The van der Waals surface area contributed by atoms with Gasteiger partial charge in [-0.3, -0.25) is 0 Å². The summed E-state index contributed by atoms with van der Waals surface area (Å²) in [5.74, 6) is 7.06. The molecular formula is C52H90O2S3. The van der Waals surface area contributed by atoms with E-state index in [0.717, 1.165) is 37.6 Å². The molecule has 2 rings (SSSR count). The molecular weight excluding hydrogens is 753 g/mol. The maximum atomic E-state index is 6.52. The molecule has 57 heavy (non-hydrogen) atoms. The van der Waals surface area contributed by atoms with Crippen LogP contribution in [0.5, 0.6) is 11.5 Å². The van der Waals surface area contributed by atoms with Gasteiger partial charge in [0, 0.05) is 20.9 Å². The monoisotopic (exact) mass is 843 g/mol. The molecule has 0 bridgehead atoms. The van der Waals surface area contributed by atoms with Gasteiger partial charge in [0.25, 0.3) is 0 Å². The van der Waals surface area contributed by atoms with Crippen LogP contribution in [0, 0.1) is 13.8 Å². The lowest BCUT2D eigenvalue weighted by atomic mass is 9.85. The molecule has 0 saturated heterocycles. The van der Waals surface area contributed by atoms with Crippen LogP contribution in [0.4, 0.5) is 0 Å². The molecule has 2 aromatic carbocycles. The van der Waals surface area contributed by atoms with E-state index in [-0.39, 0.29) is 10.8 Å². The van der Waals surface area contributed by atoms with Crippen molar-refractivity contribution in [1.29, 1.82) is 0 Å². The molecule has 0 N–H and O–H groups in total. The van der Waals surface area contributed by atoms with Gasteiger partial charge in [0.1, 0.15) is 11.5 Å². The van der Waals surface area contributed by atoms with Crippen molar-refractivity contribution >= 4 is 35.3 Å². The third-order valence-electron chi connectivity index (χ3n) is 11.1. The zero-order valence-electron chi connectivity index (χ0n) is 39.1. The normalized spacial score (nSPS) is 12.1. The lowest BCUT2D eigenvalue weighted by Crippen LogP contribution is -2.15. The lowest BCUT2D eigenvalue weighted by Gasteiger charge is -2.26. The summed E-state index contributed by atoms with van der Waals surface area (Å²) in [5.41, 5.74) is 5.16. The Hall–Kier alpha value is -0.910. The molecule has 0 aliphatic rings. The highest BCUT2D eigenvalue weighted by atomic mass is 32.2. The van der Waals surface area contributed by atoms with Crippen molar-refractivity contribution in [2.24, 2.45) is 0 Å². The van der Waals surface area contributed by atoms with Gasteiger partial charge in [-0.05, 0) is 109 Å². The molecule has 0 aliphatic heterocycles. The molecule has 5 heteroatoms. The Balaban J connectivity index is 1.82. The fourth-order valence-corrected chi connectivity index (χ4v) is 10.2. The standard InChI is InChI=1S/C52H90O2S3/c1-11-13-15-17-19-21-23-25-27-29-35-55-37-31-33-53-47-39-43(3)49(41-45(47)51(5,6)7)57-50-42-46(52(8,9)10)48(40-44(50)4)54-34-32-38-56-36-30-28-26-24-22-20-18-16-14-12-2/h39-42H,11-38H2,1-10H3. The van der Waals surface area contributed by atoms with Gasteiger partial charge in [-0.15, -0.1) is 0 Å². The number of thioether (sulfide) groups is 2. The highest BCUT2D eigenvalue weighted by molar-refractivity contribution is 7.99. The van der Waals surface area contributed by atoms with E-state index in [2.05, 4.69) is 117 Å². The average Bonchev–Trinajstić information content (AvgIpc) is 3.15. The number of aryl methyl sites for hydroxylation is 2. The summed E-state index contributed by atoms with van der Waals surface area (Å²) in [6.45, 7) is 24.5. The minimum atomic E-state index is -0.00254. The Kier molecular flexibility index (Phi) is 28.4. The van der Waals surface area contributed by atoms with Crippen LogP contribution in [0.1, 0.15) is 219 Å². The summed E-state index contributed by atoms with van der Waals surface area (Å²) in [6.07, 6.45) is 30.4. The maximum absolute atomic E-state index is 6.52. The molecule has 0 radical (unpaired) electrons. The van der Waals surface area contributed by atoms with Gasteiger partial charge in [-0.2, -0.15) is 23.5 Å². The topological polar surface area (TPSA) is 18.5 Å². The van der Waals surface area contributed by atoms with Gasteiger partial charge < -0.3 is 9.47 Å². The highest BCUT2D eigenvalue weighted by Gasteiger charge is 2.24.